The number of nitrogens with two attached hydrogens (primary N) is 1. The van der Waals surface area contributed by atoms with Crippen LogP contribution in [0.15, 0.2) is 42.5 Å². The van der Waals surface area contributed by atoms with Crippen molar-refractivity contribution in [1.29, 1.82) is 0 Å². The molecule has 0 aromatic heterocycles. The molecular weight excluding hydrogens is 338 g/mol. The largest absolute Gasteiger partial charge is 0.488 e. The van der Waals surface area contributed by atoms with Crippen molar-refractivity contribution in [2.45, 2.75) is 58.7 Å². The first-order valence-corrected chi connectivity index (χ1v) is 9.41. The normalized spacial score (nSPS) is 13.6. The van der Waals surface area contributed by atoms with Crippen LogP contribution < -0.4 is 10.5 Å². The number of hydrogen-bond acceptors (Lipinski definition) is 3. The first kappa shape index (κ1) is 21.0. The molecule has 1 atom stereocenters. The van der Waals surface area contributed by atoms with E-state index in [2.05, 4.69) is 45.9 Å². The molecule has 0 bridgehead atoms. The number of hydrogen-bond donors (Lipinski definition) is 1. The van der Waals surface area contributed by atoms with Crippen LogP contribution in [0, 0.1) is 0 Å². The summed E-state index contributed by atoms with van der Waals surface area (Å²) in [5.74, 6) is 1.10. The van der Waals surface area contributed by atoms with Crippen LogP contribution in [0.25, 0.3) is 0 Å². The van der Waals surface area contributed by atoms with E-state index in [0.29, 0.717) is 18.4 Å². The van der Waals surface area contributed by atoms with E-state index >= 15 is 0 Å². The van der Waals surface area contributed by atoms with Crippen LogP contribution in [0.3, 0.4) is 0 Å². The lowest BCUT2D eigenvalue weighted by molar-refractivity contribution is -0.139. The van der Waals surface area contributed by atoms with Gasteiger partial charge in [-0.05, 0) is 41.0 Å². The summed E-state index contributed by atoms with van der Waals surface area (Å²) >= 11 is 0. The van der Waals surface area contributed by atoms with Crippen molar-refractivity contribution in [3.8, 4) is 5.75 Å². The van der Waals surface area contributed by atoms with Crippen LogP contribution in [0.2, 0.25) is 0 Å². The second-order valence-electron chi connectivity index (χ2n) is 7.62. The Morgan fingerprint density at radius 3 is 2.04 bits per heavy atom. The highest BCUT2D eigenvalue weighted by Crippen LogP contribution is 2.36. The second kappa shape index (κ2) is 8.57. The maximum atomic E-state index is 12.0. The van der Waals surface area contributed by atoms with Gasteiger partial charge in [0, 0.05) is 7.11 Å². The van der Waals surface area contributed by atoms with Gasteiger partial charge in [-0.15, -0.1) is 0 Å². The van der Waals surface area contributed by atoms with Crippen LogP contribution in [0.4, 0.5) is 0 Å². The number of rotatable bonds is 8. The minimum absolute atomic E-state index is 0.339. The molecule has 0 saturated carbocycles. The summed E-state index contributed by atoms with van der Waals surface area (Å²) in [6, 6.07) is 13.9. The monoisotopic (exact) mass is 369 g/mol. The lowest BCUT2D eigenvalue weighted by atomic mass is 9.90. The van der Waals surface area contributed by atoms with Crippen molar-refractivity contribution in [1.82, 2.24) is 0 Å². The van der Waals surface area contributed by atoms with Crippen LogP contribution in [-0.4, -0.2) is 13.0 Å². The van der Waals surface area contributed by atoms with E-state index in [1.54, 1.807) is 6.92 Å². The highest BCUT2D eigenvalue weighted by atomic mass is 16.5. The van der Waals surface area contributed by atoms with E-state index in [-0.39, 0.29) is 0 Å². The Labute approximate surface area is 162 Å². The van der Waals surface area contributed by atoms with Gasteiger partial charge in [-0.2, -0.15) is 0 Å². The van der Waals surface area contributed by atoms with Crippen LogP contribution in [0.1, 0.15) is 68.7 Å². The topological polar surface area (TPSA) is 61.5 Å². The molecule has 1 unspecified atom stereocenters. The Hall–Kier alpha value is -2.33. The van der Waals surface area contributed by atoms with E-state index in [0.717, 1.165) is 16.9 Å². The predicted molar refractivity (Wildman–Crippen MR) is 109 cm³/mol. The predicted octanol–water partition coefficient (Wildman–Crippen LogP) is 4.86. The number of methoxy groups -OCH3 is 1. The van der Waals surface area contributed by atoms with Gasteiger partial charge in [0.05, 0.1) is 0 Å². The number of para-hydroxylation sites is 1. The number of carbonyl (C=O) groups excluding carboxylic acids is 1. The zero-order chi connectivity index (χ0) is 20.2. The number of benzene rings is 2. The number of carbonyl (C=O) groups is 1. The van der Waals surface area contributed by atoms with Crippen molar-refractivity contribution < 1.29 is 14.3 Å². The Balaban J connectivity index is 2.43. The molecule has 0 aliphatic heterocycles. The van der Waals surface area contributed by atoms with Gasteiger partial charge in [0.1, 0.15) is 12.4 Å². The van der Waals surface area contributed by atoms with Gasteiger partial charge in [0.25, 0.3) is 5.91 Å². The minimum Gasteiger partial charge on any atom is -0.488 e. The molecule has 2 N–H and O–H groups in total. The molecule has 4 heteroatoms. The first-order chi connectivity index (χ1) is 12.7. The molecule has 0 aliphatic carbocycles. The maximum absolute atomic E-state index is 12.0. The van der Waals surface area contributed by atoms with E-state index in [1.807, 2.05) is 24.3 Å². The molecule has 2 aromatic carbocycles. The number of amides is 1. The Bertz CT molecular complexity index is 772. The van der Waals surface area contributed by atoms with E-state index in [9.17, 15) is 4.79 Å². The van der Waals surface area contributed by atoms with Gasteiger partial charge in [0.2, 0.25) is 0 Å². The van der Waals surface area contributed by atoms with Gasteiger partial charge in [0.15, 0.2) is 5.60 Å². The van der Waals surface area contributed by atoms with Gasteiger partial charge in [-0.3, -0.25) is 4.79 Å². The summed E-state index contributed by atoms with van der Waals surface area (Å²) in [5, 5.41) is 0. The van der Waals surface area contributed by atoms with Crippen molar-refractivity contribution in [2.75, 3.05) is 7.11 Å². The maximum Gasteiger partial charge on any atom is 0.254 e. The standard InChI is InChI=1S/C23H31NO3/c1-15(2)18-11-9-12-19(16(3)4)21(18)27-14-17-10-7-8-13-20(17)23(5,26-6)22(24)25/h7-13,15-16H,14H2,1-6H3,(H2,24,25). The SMILES string of the molecule is COC(C)(C(N)=O)c1ccccc1COc1c(C(C)C)cccc1C(C)C. The molecule has 0 radical (unpaired) electrons. The molecule has 0 spiro atoms. The fraction of sp³-hybridized carbons (Fsp3) is 0.435. The zero-order valence-corrected chi connectivity index (χ0v) is 17.2. The molecule has 146 valence electrons. The Morgan fingerprint density at radius 2 is 1.56 bits per heavy atom. The van der Waals surface area contributed by atoms with Crippen molar-refractivity contribution >= 4 is 5.91 Å². The summed E-state index contributed by atoms with van der Waals surface area (Å²) in [7, 11) is 1.49. The number of primary amides is 1. The van der Waals surface area contributed by atoms with Gasteiger partial charge < -0.3 is 15.2 Å². The Kier molecular flexibility index (Phi) is 6.66. The van der Waals surface area contributed by atoms with Crippen molar-refractivity contribution in [3.63, 3.8) is 0 Å². The molecule has 27 heavy (non-hydrogen) atoms. The van der Waals surface area contributed by atoms with Crippen LogP contribution >= 0.6 is 0 Å². The molecule has 0 saturated heterocycles. The molecule has 2 aromatic rings. The molecule has 4 nitrogen and oxygen atoms in total. The molecule has 2 rings (SSSR count). The third kappa shape index (κ3) is 4.33. The van der Waals surface area contributed by atoms with Gasteiger partial charge in [-0.25, -0.2) is 0 Å². The van der Waals surface area contributed by atoms with Gasteiger partial charge >= 0.3 is 0 Å². The van der Waals surface area contributed by atoms with Gasteiger partial charge in [-0.1, -0.05) is 70.2 Å². The number of ether oxygens (including phenoxy) is 2. The Morgan fingerprint density at radius 1 is 1.00 bits per heavy atom. The van der Waals surface area contributed by atoms with Crippen LogP contribution in [-0.2, 0) is 21.7 Å². The van der Waals surface area contributed by atoms with E-state index < -0.39 is 11.5 Å². The third-order valence-corrected chi connectivity index (χ3v) is 5.10. The van der Waals surface area contributed by atoms with Crippen molar-refractivity contribution in [2.24, 2.45) is 5.73 Å². The first-order valence-electron chi connectivity index (χ1n) is 9.41. The molecule has 0 heterocycles. The van der Waals surface area contributed by atoms with E-state index in [4.69, 9.17) is 15.2 Å². The van der Waals surface area contributed by atoms with E-state index in [1.165, 1.54) is 18.2 Å². The fourth-order valence-electron chi connectivity index (χ4n) is 3.25. The highest BCUT2D eigenvalue weighted by molar-refractivity contribution is 5.85. The quantitative estimate of drug-likeness (QED) is 0.723. The van der Waals surface area contributed by atoms with Crippen molar-refractivity contribution in [3.05, 3.63) is 64.7 Å². The fourth-order valence-corrected chi connectivity index (χ4v) is 3.25. The lowest BCUT2D eigenvalue weighted by Crippen LogP contribution is -2.41. The van der Waals surface area contributed by atoms with Crippen LogP contribution in [0.5, 0.6) is 5.75 Å². The third-order valence-electron chi connectivity index (χ3n) is 5.10. The zero-order valence-electron chi connectivity index (χ0n) is 17.2. The minimum atomic E-state index is -1.20. The molecule has 0 fully saturated rings. The summed E-state index contributed by atoms with van der Waals surface area (Å²) in [4.78, 5) is 12.0. The lowest BCUT2D eigenvalue weighted by Gasteiger charge is -2.28. The molecule has 1 amide bonds. The second-order valence-corrected chi connectivity index (χ2v) is 7.62. The summed E-state index contributed by atoms with van der Waals surface area (Å²) in [5.41, 5.74) is 8.40. The highest BCUT2D eigenvalue weighted by Gasteiger charge is 2.35. The summed E-state index contributed by atoms with van der Waals surface area (Å²) < 4.78 is 11.8. The summed E-state index contributed by atoms with van der Waals surface area (Å²) in [6.45, 7) is 10.7. The molecular formula is C23H31NO3. The average Bonchev–Trinajstić information content (AvgIpc) is 2.65. The summed E-state index contributed by atoms with van der Waals surface area (Å²) in [6.07, 6.45) is 0. The average molecular weight is 370 g/mol. The molecule has 0 aliphatic rings. The smallest absolute Gasteiger partial charge is 0.254 e.